The Morgan fingerprint density at radius 2 is 2.18 bits per heavy atom. The molecule has 1 atom stereocenters. The first kappa shape index (κ1) is 12.6. The molecule has 17 heavy (non-hydrogen) atoms. The van der Waals surface area contributed by atoms with E-state index in [1.165, 1.54) is 22.1 Å². The number of hydrogen-bond acceptors (Lipinski definition) is 2. The predicted octanol–water partition coefficient (Wildman–Crippen LogP) is 4.82. The number of fused-ring (bicyclic) bond motifs is 1. The second-order valence-electron chi connectivity index (χ2n) is 4.52. The van der Waals surface area contributed by atoms with Crippen LogP contribution in [0.5, 0.6) is 0 Å². The van der Waals surface area contributed by atoms with Crippen molar-refractivity contribution in [1.82, 2.24) is 0 Å². The molecule has 1 aromatic carbocycles. The van der Waals surface area contributed by atoms with E-state index >= 15 is 0 Å². The molecule has 1 nitrogen and oxygen atoms in total. The molecule has 0 radical (unpaired) electrons. The summed E-state index contributed by atoms with van der Waals surface area (Å²) in [5, 5.41) is 3.52. The third-order valence-electron chi connectivity index (χ3n) is 3.05. The van der Waals surface area contributed by atoms with E-state index in [9.17, 15) is 0 Å². The maximum Gasteiger partial charge on any atom is 0.0532 e. The average molecular weight is 248 g/mol. The van der Waals surface area contributed by atoms with Gasteiger partial charge in [0.1, 0.15) is 0 Å². The number of thiophene rings is 1. The van der Waals surface area contributed by atoms with E-state index in [0.717, 1.165) is 19.6 Å². The lowest BCUT2D eigenvalue weighted by molar-refractivity contribution is 0.121. The van der Waals surface area contributed by atoms with E-state index < -0.39 is 0 Å². The van der Waals surface area contributed by atoms with Gasteiger partial charge < -0.3 is 4.74 Å². The lowest BCUT2D eigenvalue weighted by atomic mass is 10.0. The Balaban J connectivity index is 2.03. The molecule has 1 unspecified atom stereocenters. The van der Waals surface area contributed by atoms with Crippen LogP contribution in [0.3, 0.4) is 0 Å². The second-order valence-corrected chi connectivity index (χ2v) is 5.43. The summed E-state index contributed by atoms with van der Waals surface area (Å²) in [6, 6.07) is 8.74. The van der Waals surface area contributed by atoms with Gasteiger partial charge in [0, 0.05) is 17.2 Å². The van der Waals surface area contributed by atoms with Crippen LogP contribution in [0.2, 0.25) is 0 Å². The molecule has 0 aliphatic carbocycles. The molecule has 0 spiro atoms. The summed E-state index contributed by atoms with van der Waals surface area (Å²) in [4.78, 5) is 0. The van der Waals surface area contributed by atoms with Crippen LogP contribution in [0, 0.1) is 0 Å². The van der Waals surface area contributed by atoms with Crippen molar-refractivity contribution in [1.29, 1.82) is 0 Å². The van der Waals surface area contributed by atoms with E-state index in [2.05, 4.69) is 43.5 Å². The highest BCUT2D eigenvalue weighted by Gasteiger charge is 2.10. The van der Waals surface area contributed by atoms with Gasteiger partial charge in [0.15, 0.2) is 0 Å². The summed E-state index contributed by atoms with van der Waals surface area (Å²) in [5.74, 6) is 0.481. The highest BCUT2D eigenvalue weighted by Crippen LogP contribution is 2.29. The molecule has 0 N–H and O–H groups in total. The van der Waals surface area contributed by atoms with E-state index in [1.807, 2.05) is 11.3 Å². The Kier molecular flexibility index (Phi) is 4.57. The number of hydrogen-bond donors (Lipinski definition) is 0. The van der Waals surface area contributed by atoms with Crippen LogP contribution in [-0.2, 0) is 4.74 Å². The van der Waals surface area contributed by atoms with Crippen LogP contribution in [0.1, 0.15) is 38.2 Å². The van der Waals surface area contributed by atoms with Crippen molar-refractivity contribution < 1.29 is 4.74 Å². The van der Waals surface area contributed by atoms with Gasteiger partial charge in [0.25, 0.3) is 0 Å². The van der Waals surface area contributed by atoms with Gasteiger partial charge in [-0.05, 0) is 28.8 Å². The summed E-state index contributed by atoms with van der Waals surface area (Å²) < 4.78 is 7.14. The second kappa shape index (κ2) is 6.18. The van der Waals surface area contributed by atoms with Gasteiger partial charge in [-0.15, -0.1) is 11.3 Å². The van der Waals surface area contributed by atoms with Crippen LogP contribution in [0.15, 0.2) is 29.6 Å². The first-order valence-corrected chi connectivity index (χ1v) is 7.24. The third-order valence-corrected chi connectivity index (χ3v) is 4.03. The fourth-order valence-electron chi connectivity index (χ4n) is 2.00. The zero-order valence-corrected chi connectivity index (χ0v) is 11.4. The standard InChI is InChI=1S/C15H20OS/c1-3-4-9-16-11-12(2)14-7-5-6-13-8-10-17-15(13)14/h5-8,10,12H,3-4,9,11H2,1-2H3. The molecule has 2 aromatic rings. The summed E-state index contributed by atoms with van der Waals surface area (Å²) in [6.07, 6.45) is 2.37. The molecular formula is C15H20OS. The van der Waals surface area contributed by atoms with Crippen LogP contribution < -0.4 is 0 Å². The van der Waals surface area contributed by atoms with Crippen molar-refractivity contribution >= 4 is 21.4 Å². The van der Waals surface area contributed by atoms with Crippen LogP contribution in [0.4, 0.5) is 0 Å². The molecule has 0 amide bonds. The quantitative estimate of drug-likeness (QED) is 0.666. The molecule has 0 saturated heterocycles. The minimum absolute atomic E-state index is 0.481. The van der Waals surface area contributed by atoms with Crippen LogP contribution in [0.25, 0.3) is 10.1 Å². The van der Waals surface area contributed by atoms with Crippen molar-refractivity contribution in [2.24, 2.45) is 0 Å². The monoisotopic (exact) mass is 248 g/mol. The van der Waals surface area contributed by atoms with Crippen molar-refractivity contribution in [3.8, 4) is 0 Å². The van der Waals surface area contributed by atoms with Gasteiger partial charge in [-0.1, -0.05) is 38.5 Å². The van der Waals surface area contributed by atoms with Crippen molar-refractivity contribution in [3.05, 3.63) is 35.2 Å². The number of ether oxygens (including phenoxy) is 1. The van der Waals surface area contributed by atoms with Crippen molar-refractivity contribution in [2.45, 2.75) is 32.6 Å². The SMILES string of the molecule is CCCCOCC(C)c1cccc2ccsc12. The molecule has 0 aliphatic heterocycles. The minimum Gasteiger partial charge on any atom is -0.381 e. The molecule has 2 rings (SSSR count). The Bertz CT molecular complexity index is 461. The van der Waals surface area contributed by atoms with Gasteiger partial charge in [-0.3, -0.25) is 0 Å². The van der Waals surface area contributed by atoms with Gasteiger partial charge >= 0.3 is 0 Å². The molecule has 2 heteroatoms. The summed E-state index contributed by atoms with van der Waals surface area (Å²) >= 11 is 1.83. The smallest absolute Gasteiger partial charge is 0.0532 e. The Morgan fingerprint density at radius 3 is 3.00 bits per heavy atom. The van der Waals surface area contributed by atoms with E-state index in [0.29, 0.717) is 5.92 Å². The van der Waals surface area contributed by atoms with Crippen LogP contribution in [-0.4, -0.2) is 13.2 Å². The molecule has 92 valence electrons. The summed E-state index contributed by atoms with van der Waals surface area (Å²) in [5.41, 5.74) is 1.42. The Morgan fingerprint density at radius 1 is 1.29 bits per heavy atom. The average Bonchev–Trinajstić information content (AvgIpc) is 2.82. The number of benzene rings is 1. The third kappa shape index (κ3) is 3.08. The molecular weight excluding hydrogens is 228 g/mol. The molecule has 0 saturated carbocycles. The summed E-state index contributed by atoms with van der Waals surface area (Å²) in [7, 11) is 0. The first-order chi connectivity index (χ1) is 8.33. The zero-order valence-electron chi connectivity index (χ0n) is 10.6. The molecule has 0 aliphatic rings. The lowest BCUT2D eigenvalue weighted by Gasteiger charge is -2.13. The number of rotatable bonds is 6. The Hall–Kier alpha value is -0.860. The maximum absolute atomic E-state index is 5.72. The van der Waals surface area contributed by atoms with Gasteiger partial charge in [-0.2, -0.15) is 0 Å². The largest absolute Gasteiger partial charge is 0.381 e. The molecule has 0 bridgehead atoms. The lowest BCUT2D eigenvalue weighted by Crippen LogP contribution is -2.05. The highest BCUT2D eigenvalue weighted by atomic mass is 32.1. The zero-order chi connectivity index (χ0) is 12.1. The van der Waals surface area contributed by atoms with Gasteiger partial charge in [0.2, 0.25) is 0 Å². The minimum atomic E-state index is 0.481. The predicted molar refractivity (Wildman–Crippen MR) is 76.0 cm³/mol. The molecule has 0 fully saturated rings. The van der Waals surface area contributed by atoms with Crippen molar-refractivity contribution in [3.63, 3.8) is 0 Å². The van der Waals surface area contributed by atoms with Crippen molar-refractivity contribution in [2.75, 3.05) is 13.2 Å². The van der Waals surface area contributed by atoms with E-state index in [-0.39, 0.29) is 0 Å². The maximum atomic E-state index is 5.72. The van der Waals surface area contributed by atoms with Crippen LogP contribution >= 0.6 is 11.3 Å². The molecule has 1 heterocycles. The van der Waals surface area contributed by atoms with Gasteiger partial charge in [-0.25, -0.2) is 0 Å². The Labute approximate surface area is 107 Å². The summed E-state index contributed by atoms with van der Waals surface area (Å²) in [6.45, 7) is 6.16. The molecule has 1 aromatic heterocycles. The normalized spacial score (nSPS) is 13.1. The fraction of sp³-hybridized carbons (Fsp3) is 0.467. The van der Waals surface area contributed by atoms with E-state index in [1.54, 1.807) is 0 Å². The van der Waals surface area contributed by atoms with E-state index in [4.69, 9.17) is 4.74 Å². The van der Waals surface area contributed by atoms with Gasteiger partial charge in [0.05, 0.1) is 6.61 Å². The fourth-order valence-corrected chi connectivity index (χ4v) is 3.03. The number of unbranched alkanes of at least 4 members (excludes halogenated alkanes) is 1. The highest BCUT2D eigenvalue weighted by molar-refractivity contribution is 7.17. The first-order valence-electron chi connectivity index (χ1n) is 6.36. The topological polar surface area (TPSA) is 9.23 Å².